The Balaban J connectivity index is 2.25. The molecule has 6 heteroatoms. The molecule has 0 radical (unpaired) electrons. The van der Waals surface area contributed by atoms with E-state index in [0.29, 0.717) is 23.4 Å². The summed E-state index contributed by atoms with van der Waals surface area (Å²) < 4.78 is 18.4. The van der Waals surface area contributed by atoms with E-state index in [1.54, 1.807) is 0 Å². The van der Waals surface area contributed by atoms with Gasteiger partial charge in [-0.15, -0.1) is 0 Å². The van der Waals surface area contributed by atoms with Crippen molar-refractivity contribution < 1.29 is 18.4 Å². The number of ether oxygens (including phenoxy) is 1. The van der Waals surface area contributed by atoms with E-state index in [9.17, 15) is 4.79 Å². The Morgan fingerprint density at radius 3 is 2.31 bits per heavy atom. The van der Waals surface area contributed by atoms with Crippen LogP contribution in [0.25, 0.3) is 0 Å². The van der Waals surface area contributed by atoms with E-state index in [1.807, 2.05) is 0 Å². The van der Waals surface area contributed by atoms with Gasteiger partial charge in [0.2, 0.25) is 0 Å². The molecule has 2 saturated carbocycles. The van der Waals surface area contributed by atoms with Crippen molar-refractivity contribution in [3.05, 3.63) is 12.2 Å². The van der Waals surface area contributed by atoms with Gasteiger partial charge < -0.3 is 13.6 Å². The molecule has 0 heterocycles. The Hall–Kier alpha value is -0.436. The molecule has 210 valence electrons. The predicted octanol–water partition coefficient (Wildman–Crippen LogP) is 7.21. The number of carbonyl (C=O) groups excluding carboxylic acids is 1. The van der Waals surface area contributed by atoms with Crippen molar-refractivity contribution in [2.75, 3.05) is 6.61 Å². The molecule has 0 saturated heterocycles. The topological polar surface area (TPSA) is 44.8 Å². The summed E-state index contributed by atoms with van der Waals surface area (Å²) >= 11 is 0. The van der Waals surface area contributed by atoms with Crippen LogP contribution in [0.3, 0.4) is 0 Å². The summed E-state index contributed by atoms with van der Waals surface area (Å²) in [7, 11) is -1.12. The quantitative estimate of drug-likeness (QED) is 0.158. The Labute approximate surface area is 227 Å². The zero-order valence-electron chi connectivity index (χ0n) is 25.8. The summed E-state index contributed by atoms with van der Waals surface area (Å²) in [5.74, 6) is 0.979. The van der Waals surface area contributed by atoms with Gasteiger partial charge in [-0.25, -0.2) is 0 Å². The van der Waals surface area contributed by atoms with Crippen molar-refractivity contribution in [2.45, 2.75) is 138 Å². The fourth-order valence-electron chi connectivity index (χ4n) is 7.62. The Morgan fingerprint density at radius 1 is 1.17 bits per heavy atom. The molecule has 0 amide bonds. The minimum absolute atomic E-state index is 0.109. The molecule has 4 nitrogen and oxygen atoms in total. The molecular formula is C30H58O4Si2. The Bertz CT molecular complexity index is 786. The van der Waals surface area contributed by atoms with Crippen LogP contribution in [-0.2, 0) is 18.4 Å². The molecule has 0 aromatic rings. The third-order valence-electron chi connectivity index (χ3n) is 11.2. The second kappa shape index (κ2) is 11.4. The zero-order valence-corrected chi connectivity index (χ0v) is 28.8. The Kier molecular flexibility index (Phi) is 10.0. The maximum Gasteiger partial charge on any atom is 0.302 e. The monoisotopic (exact) mass is 538 g/mol. The molecule has 0 aliphatic heterocycles. The number of carbonyl (C=O) groups is 1. The maximum atomic E-state index is 11.3. The van der Waals surface area contributed by atoms with Gasteiger partial charge in [0.15, 0.2) is 8.32 Å². The molecule has 2 aliphatic carbocycles. The van der Waals surface area contributed by atoms with E-state index in [-0.39, 0.29) is 34.5 Å². The lowest BCUT2D eigenvalue weighted by Crippen LogP contribution is -2.51. The largest absolute Gasteiger partial charge is 0.461 e. The molecule has 3 unspecified atom stereocenters. The SMILES string of the molecule is C=C(COC(C)=O)CC(CC[C@@H](C)[C@]1(C)C(C)(C)CC2C(O[SiH3])CCC[C@]21C)O[Si](C)(C)C(C)(C)C. The molecule has 6 atom stereocenters. The van der Waals surface area contributed by atoms with Crippen LogP contribution in [0.2, 0.25) is 18.1 Å². The molecule has 36 heavy (non-hydrogen) atoms. The molecule has 0 bridgehead atoms. The van der Waals surface area contributed by atoms with Crippen molar-refractivity contribution >= 4 is 24.8 Å². The summed E-state index contributed by atoms with van der Waals surface area (Å²) in [6, 6.07) is 0. The number of esters is 1. The van der Waals surface area contributed by atoms with Crippen LogP contribution in [0.4, 0.5) is 0 Å². The lowest BCUT2D eigenvalue weighted by molar-refractivity contribution is -0.140. The molecule has 2 aliphatic rings. The molecule has 0 N–H and O–H groups in total. The first-order valence-electron chi connectivity index (χ1n) is 14.3. The Morgan fingerprint density at radius 2 is 1.78 bits per heavy atom. The van der Waals surface area contributed by atoms with Gasteiger partial charge in [0.25, 0.3) is 0 Å². The highest BCUT2D eigenvalue weighted by Gasteiger charge is 2.66. The molecule has 0 aromatic carbocycles. The average molecular weight is 539 g/mol. The highest BCUT2D eigenvalue weighted by molar-refractivity contribution is 6.74. The highest BCUT2D eigenvalue weighted by atomic mass is 28.4. The fourth-order valence-corrected chi connectivity index (χ4v) is 9.57. The normalized spacial score (nSPS) is 32.1. The third kappa shape index (κ3) is 6.23. The van der Waals surface area contributed by atoms with Gasteiger partial charge in [-0.3, -0.25) is 4.79 Å². The molecule has 2 fully saturated rings. The van der Waals surface area contributed by atoms with Crippen molar-refractivity contribution in [1.29, 1.82) is 0 Å². The van der Waals surface area contributed by atoms with Gasteiger partial charge in [0.1, 0.15) is 17.1 Å². The first-order chi connectivity index (χ1) is 16.3. The summed E-state index contributed by atoms with van der Waals surface area (Å²) in [4.78, 5) is 11.3. The number of rotatable bonds is 11. The number of hydrogen-bond acceptors (Lipinski definition) is 4. The minimum atomic E-state index is -1.95. The standard InChI is InChI=1S/C30H58O4Si2/c1-21(20-32-23(3)31)18-24(34-36(11,12)27(4,5)6)16-15-22(2)30(10)28(7,8)19-25-26(33-35)14-13-17-29(25,30)9/h22,24-26H,1,13-20H2,2-12,35H3/t22-,24?,25?,26?,29-,30-/m1/s1. The van der Waals surface area contributed by atoms with E-state index >= 15 is 0 Å². The van der Waals surface area contributed by atoms with Gasteiger partial charge >= 0.3 is 5.97 Å². The van der Waals surface area contributed by atoms with Crippen LogP contribution >= 0.6 is 0 Å². The second-order valence-electron chi connectivity index (χ2n) is 14.7. The lowest BCUT2D eigenvalue weighted by atomic mass is 9.49. The van der Waals surface area contributed by atoms with E-state index in [1.165, 1.54) is 32.6 Å². The van der Waals surface area contributed by atoms with E-state index in [2.05, 4.69) is 75.1 Å². The van der Waals surface area contributed by atoms with E-state index in [4.69, 9.17) is 13.6 Å². The van der Waals surface area contributed by atoms with Crippen LogP contribution in [0.1, 0.15) is 107 Å². The van der Waals surface area contributed by atoms with Crippen molar-refractivity contribution in [3.8, 4) is 0 Å². The van der Waals surface area contributed by atoms with Crippen molar-refractivity contribution in [1.82, 2.24) is 0 Å². The van der Waals surface area contributed by atoms with Gasteiger partial charge in [-0.2, -0.15) is 0 Å². The fraction of sp³-hybridized carbons (Fsp3) is 0.900. The summed E-state index contributed by atoms with van der Waals surface area (Å²) in [5, 5.41) is 0.148. The van der Waals surface area contributed by atoms with Crippen LogP contribution in [0.15, 0.2) is 12.2 Å². The van der Waals surface area contributed by atoms with Crippen LogP contribution in [0.5, 0.6) is 0 Å². The number of hydrogen-bond donors (Lipinski definition) is 0. The van der Waals surface area contributed by atoms with Crippen LogP contribution in [0, 0.1) is 28.1 Å². The summed E-state index contributed by atoms with van der Waals surface area (Å²) in [6.45, 7) is 30.2. The van der Waals surface area contributed by atoms with Crippen molar-refractivity contribution in [2.24, 2.45) is 28.1 Å². The molecular weight excluding hydrogens is 480 g/mol. The predicted molar refractivity (Wildman–Crippen MR) is 158 cm³/mol. The number of fused-ring (bicyclic) bond motifs is 1. The maximum absolute atomic E-state index is 11.3. The first-order valence-corrected chi connectivity index (χ1v) is 18.1. The van der Waals surface area contributed by atoms with Gasteiger partial charge in [0.05, 0.1) is 0 Å². The van der Waals surface area contributed by atoms with Gasteiger partial charge in [-0.05, 0) is 90.3 Å². The van der Waals surface area contributed by atoms with E-state index in [0.717, 1.165) is 35.3 Å². The van der Waals surface area contributed by atoms with E-state index < -0.39 is 8.32 Å². The van der Waals surface area contributed by atoms with Crippen molar-refractivity contribution in [3.63, 3.8) is 0 Å². The van der Waals surface area contributed by atoms with Gasteiger partial charge in [0, 0.05) is 19.1 Å². The lowest BCUT2D eigenvalue weighted by Gasteiger charge is -2.56. The van der Waals surface area contributed by atoms with Crippen LogP contribution < -0.4 is 0 Å². The smallest absolute Gasteiger partial charge is 0.302 e. The molecule has 0 aromatic heterocycles. The first kappa shape index (κ1) is 31.8. The third-order valence-corrected chi connectivity index (χ3v) is 16.4. The summed E-state index contributed by atoms with van der Waals surface area (Å²) in [5.41, 5.74) is 1.75. The molecule has 2 rings (SSSR count). The zero-order chi connectivity index (χ0) is 27.7. The van der Waals surface area contributed by atoms with Crippen LogP contribution in [-0.4, -0.2) is 43.6 Å². The molecule has 0 spiro atoms. The minimum Gasteiger partial charge on any atom is -0.461 e. The average Bonchev–Trinajstić information content (AvgIpc) is 2.91. The van der Waals surface area contributed by atoms with Gasteiger partial charge in [-0.1, -0.05) is 68.4 Å². The second-order valence-corrected chi connectivity index (χ2v) is 19.9. The summed E-state index contributed by atoms with van der Waals surface area (Å²) in [6.07, 6.45) is 8.55. The highest BCUT2D eigenvalue weighted by Crippen LogP contribution is 2.72.